The van der Waals surface area contributed by atoms with Gasteiger partial charge in [0.2, 0.25) is 0 Å². The number of halogens is 4. The van der Waals surface area contributed by atoms with E-state index < -0.39 is 41.0 Å². The normalized spacial score (nSPS) is 11.2. The zero-order valence-corrected chi connectivity index (χ0v) is 15.6. The van der Waals surface area contributed by atoms with Crippen LogP contribution in [-0.2, 0) is 27.5 Å². The second-order valence-corrected chi connectivity index (χ2v) is 6.08. The van der Waals surface area contributed by atoms with Gasteiger partial charge in [-0.2, -0.15) is 18.3 Å². The highest BCUT2D eigenvalue weighted by Crippen LogP contribution is 2.32. The number of Topliss-reactive ketones (excluding diaryl/α,β-unsaturated/α-hetero) is 1. The van der Waals surface area contributed by atoms with Gasteiger partial charge in [-0.15, -0.1) is 0 Å². The summed E-state index contributed by atoms with van der Waals surface area (Å²) in [5, 5.41) is 5.65. The summed E-state index contributed by atoms with van der Waals surface area (Å²) in [5.41, 5.74) is -0.244. The number of amides is 1. The zero-order chi connectivity index (χ0) is 21.2. The molecule has 0 aliphatic heterocycles. The maximum absolute atomic E-state index is 12.6. The van der Waals surface area contributed by atoms with E-state index in [9.17, 15) is 27.6 Å². The van der Waals surface area contributed by atoms with Gasteiger partial charge in [0.05, 0.1) is 21.8 Å². The van der Waals surface area contributed by atoms with E-state index >= 15 is 0 Å². The van der Waals surface area contributed by atoms with Crippen molar-refractivity contribution in [2.75, 3.05) is 11.9 Å². The summed E-state index contributed by atoms with van der Waals surface area (Å²) in [5.74, 6) is -3.53. The van der Waals surface area contributed by atoms with Gasteiger partial charge in [0.15, 0.2) is 12.4 Å². The number of nitrogens with zero attached hydrogens (tertiary/aromatic N) is 3. The van der Waals surface area contributed by atoms with Crippen LogP contribution in [0.4, 0.5) is 19.0 Å². The largest absolute Gasteiger partial charge is 0.450 e. The molecule has 0 saturated heterocycles. The molecule has 0 aliphatic carbocycles. The molecular weight excluding hydrogens is 405 g/mol. The van der Waals surface area contributed by atoms with Crippen LogP contribution < -0.4 is 5.32 Å². The third-order valence-electron chi connectivity index (χ3n) is 3.68. The predicted octanol–water partition coefficient (Wildman–Crippen LogP) is 2.47. The Morgan fingerprint density at radius 3 is 2.43 bits per heavy atom. The van der Waals surface area contributed by atoms with Crippen LogP contribution in [0.3, 0.4) is 0 Å². The molecule has 28 heavy (non-hydrogen) atoms. The maximum Gasteiger partial charge on any atom is 0.417 e. The first-order chi connectivity index (χ1) is 12.9. The van der Waals surface area contributed by atoms with Gasteiger partial charge in [-0.05, 0) is 19.9 Å². The van der Waals surface area contributed by atoms with E-state index in [0.717, 1.165) is 0 Å². The maximum atomic E-state index is 12.6. The average molecular weight is 419 g/mol. The minimum absolute atomic E-state index is 0.0698. The van der Waals surface area contributed by atoms with Gasteiger partial charge >= 0.3 is 12.1 Å². The number of rotatable bonds is 5. The Morgan fingerprint density at radius 2 is 1.93 bits per heavy atom. The first-order valence-electron chi connectivity index (χ1n) is 7.66. The number of pyridine rings is 1. The van der Waals surface area contributed by atoms with Crippen LogP contribution in [0.5, 0.6) is 0 Å². The lowest BCUT2D eigenvalue weighted by molar-refractivity contribution is -0.142. The lowest BCUT2D eigenvalue weighted by atomic mass is 10.1. The number of carbonyl (C=O) groups excluding carboxylic acids is 3. The number of ether oxygens (including phenoxy) is 1. The molecule has 8 nitrogen and oxygen atoms in total. The van der Waals surface area contributed by atoms with Crippen LogP contribution in [0.25, 0.3) is 0 Å². The van der Waals surface area contributed by atoms with E-state index in [1.165, 1.54) is 4.68 Å². The van der Waals surface area contributed by atoms with Gasteiger partial charge in [-0.3, -0.25) is 14.3 Å². The lowest BCUT2D eigenvalue weighted by Crippen LogP contribution is -2.26. The van der Waals surface area contributed by atoms with Crippen molar-refractivity contribution in [3.63, 3.8) is 0 Å². The summed E-state index contributed by atoms with van der Waals surface area (Å²) < 4.78 is 43.8. The highest BCUT2D eigenvalue weighted by atomic mass is 35.5. The molecule has 0 fully saturated rings. The molecule has 2 aromatic heterocycles. The average Bonchev–Trinajstić information content (AvgIpc) is 2.85. The molecule has 2 rings (SSSR count). The van der Waals surface area contributed by atoms with Crippen molar-refractivity contribution in [2.45, 2.75) is 20.0 Å². The zero-order valence-electron chi connectivity index (χ0n) is 14.8. The quantitative estimate of drug-likeness (QED) is 0.454. The molecule has 1 N–H and O–H groups in total. The number of nitrogens with one attached hydrogen (secondary N) is 1. The Bertz CT molecular complexity index is 956. The molecule has 0 saturated carbocycles. The smallest absolute Gasteiger partial charge is 0.417 e. The van der Waals surface area contributed by atoms with Crippen molar-refractivity contribution < 1.29 is 32.3 Å². The molecule has 2 aromatic rings. The van der Waals surface area contributed by atoms with Crippen molar-refractivity contribution in [3.8, 4) is 0 Å². The number of alkyl halides is 3. The van der Waals surface area contributed by atoms with Gasteiger partial charge in [0.25, 0.3) is 11.7 Å². The standard InChI is InChI=1S/C16H14ClF3N4O4/c1-7-12(8(2)24(3)23-7)13(26)15(27)28-6-11(25)22-14-10(17)4-9(5-21-14)16(18,19)20/h4-5H,6H2,1-3H3,(H,21,22,25). The first-order valence-corrected chi connectivity index (χ1v) is 8.03. The minimum atomic E-state index is -4.64. The van der Waals surface area contributed by atoms with Gasteiger partial charge in [0, 0.05) is 18.9 Å². The fourth-order valence-electron chi connectivity index (χ4n) is 2.25. The SMILES string of the molecule is Cc1nn(C)c(C)c1C(=O)C(=O)OCC(=O)Nc1ncc(C(F)(F)F)cc1Cl. The van der Waals surface area contributed by atoms with Crippen molar-refractivity contribution in [1.82, 2.24) is 14.8 Å². The number of aryl methyl sites for hydroxylation is 2. The molecule has 0 radical (unpaired) electrons. The molecule has 0 aromatic carbocycles. The molecule has 2 heterocycles. The van der Waals surface area contributed by atoms with E-state index in [2.05, 4.69) is 20.1 Å². The van der Waals surface area contributed by atoms with Crippen molar-refractivity contribution in [2.24, 2.45) is 7.05 Å². The summed E-state index contributed by atoms with van der Waals surface area (Å²) in [6, 6.07) is 0.591. The van der Waals surface area contributed by atoms with E-state index in [-0.39, 0.29) is 11.4 Å². The van der Waals surface area contributed by atoms with Crippen LogP contribution in [0.1, 0.15) is 27.3 Å². The van der Waals surface area contributed by atoms with Crippen LogP contribution in [-0.4, -0.2) is 39.0 Å². The topological polar surface area (TPSA) is 103 Å². The molecule has 12 heteroatoms. The highest BCUT2D eigenvalue weighted by Gasteiger charge is 2.32. The van der Waals surface area contributed by atoms with Crippen LogP contribution in [0.15, 0.2) is 12.3 Å². The number of hydrogen-bond donors (Lipinski definition) is 1. The number of carbonyl (C=O) groups is 3. The lowest BCUT2D eigenvalue weighted by Gasteiger charge is -2.10. The van der Waals surface area contributed by atoms with Gasteiger partial charge in [0.1, 0.15) is 0 Å². The Hall–Kier alpha value is -2.95. The van der Waals surface area contributed by atoms with Crippen molar-refractivity contribution in [1.29, 1.82) is 0 Å². The molecular formula is C16H14ClF3N4O4. The number of hydrogen-bond acceptors (Lipinski definition) is 6. The molecule has 0 atom stereocenters. The monoisotopic (exact) mass is 418 g/mol. The molecule has 0 bridgehead atoms. The van der Waals surface area contributed by atoms with Gasteiger partial charge in [-0.25, -0.2) is 9.78 Å². The molecule has 1 amide bonds. The van der Waals surface area contributed by atoms with Crippen LogP contribution >= 0.6 is 11.6 Å². The Kier molecular flexibility index (Phi) is 6.07. The second-order valence-electron chi connectivity index (χ2n) is 5.68. The first kappa shape index (κ1) is 21.4. The van der Waals surface area contributed by atoms with E-state index in [4.69, 9.17) is 11.6 Å². The number of ketones is 1. The van der Waals surface area contributed by atoms with Crippen LogP contribution in [0.2, 0.25) is 5.02 Å². The minimum Gasteiger partial charge on any atom is -0.450 e. The number of aromatic nitrogens is 3. The van der Waals surface area contributed by atoms with Gasteiger partial charge in [-0.1, -0.05) is 11.6 Å². The predicted molar refractivity (Wildman–Crippen MR) is 90.9 cm³/mol. The Balaban J connectivity index is 1.99. The fourth-order valence-corrected chi connectivity index (χ4v) is 2.47. The molecule has 0 spiro atoms. The van der Waals surface area contributed by atoms with Gasteiger partial charge < -0.3 is 10.1 Å². The van der Waals surface area contributed by atoms with Crippen molar-refractivity contribution in [3.05, 3.63) is 39.8 Å². The highest BCUT2D eigenvalue weighted by molar-refractivity contribution is 6.41. The molecule has 0 aliphatic rings. The fraction of sp³-hybridized carbons (Fsp3) is 0.312. The summed E-state index contributed by atoms with van der Waals surface area (Å²) >= 11 is 5.66. The van der Waals surface area contributed by atoms with Crippen molar-refractivity contribution >= 4 is 35.1 Å². The Labute approximate surface area is 161 Å². The summed E-state index contributed by atoms with van der Waals surface area (Å²) in [7, 11) is 1.60. The number of esters is 1. The molecule has 0 unspecified atom stereocenters. The second kappa shape index (κ2) is 7.97. The summed E-state index contributed by atoms with van der Waals surface area (Å²) in [4.78, 5) is 39.3. The third-order valence-corrected chi connectivity index (χ3v) is 3.97. The van der Waals surface area contributed by atoms with Crippen LogP contribution in [0, 0.1) is 13.8 Å². The number of anilines is 1. The van der Waals surface area contributed by atoms with E-state index in [0.29, 0.717) is 23.7 Å². The third kappa shape index (κ3) is 4.66. The molecule has 150 valence electrons. The summed E-state index contributed by atoms with van der Waals surface area (Å²) in [6.07, 6.45) is -4.15. The summed E-state index contributed by atoms with van der Waals surface area (Å²) in [6.45, 7) is 2.27. The van der Waals surface area contributed by atoms with E-state index in [1.54, 1.807) is 20.9 Å². The van der Waals surface area contributed by atoms with E-state index in [1.807, 2.05) is 0 Å². The Morgan fingerprint density at radius 1 is 1.29 bits per heavy atom.